The van der Waals surface area contributed by atoms with E-state index in [1.807, 2.05) is 11.3 Å². The molecule has 1 saturated carbocycles. The Labute approximate surface area is 116 Å². The molecule has 16 heavy (non-hydrogen) atoms. The number of hydrogen-bond acceptors (Lipinski definition) is 1. The van der Waals surface area contributed by atoms with Gasteiger partial charge in [-0.15, -0.1) is 22.9 Å². The van der Waals surface area contributed by atoms with Crippen LogP contribution in [0.4, 0.5) is 0 Å². The second-order valence-corrected chi connectivity index (χ2v) is 7.27. The molecule has 0 spiro atoms. The molecule has 1 aliphatic carbocycles. The lowest BCUT2D eigenvalue weighted by Gasteiger charge is -2.32. The lowest BCUT2D eigenvalue weighted by Crippen LogP contribution is -2.26. The molecule has 3 atom stereocenters. The zero-order valence-electron chi connectivity index (χ0n) is 9.59. The molecule has 1 aromatic rings. The van der Waals surface area contributed by atoms with Gasteiger partial charge in [0.15, 0.2) is 0 Å². The van der Waals surface area contributed by atoms with E-state index >= 15 is 0 Å². The van der Waals surface area contributed by atoms with Gasteiger partial charge >= 0.3 is 0 Å². The van der Waals surface area contributed by atoms with E-state index in [0.29, 0.717) is 11.3 Å². The van der Waals surface area contributed by atoms with Crippen LogP contribution in [0.15, 0.2) is 15.9 Å². The van der Waals surface area contributed by atoms with Crippen LogP contribution in [0.25, 0.3) is 0 Å². The van der Waals surface area contributed by atoms with E-state index in [2.05, 4.69) is 34.3 Å². The van der Waals surface area contributed by atoms with Crippen LogP contribution in [0.3, 0.4) is 0 Å². The standard InChI is InChI=1S/C13H18BrClS/c1-2-9-3-4-13(15)10(5-9)6-12-7-11(14)8-16-12/h7-10,13H,2-6H2,1H3. The molecule has 1 fully saturated rings. The first-order valence-corrected chi connectivity index (χ1v) is 8.17. The smallest absolute Gasteiger partial charge is 0.0367 e. The molecule has 3 unspecified atom stereocenters. The summed E-state index contributed by atoms with van der Waals surface area (Å²) in [6.07, 6.45) is 6.34. The minimum absolute atomic E-state index is 0.392. The predicted octanol–water partition coefficient (Wildman–Crippen LogP) is 5.49. The minimum atomic E-state index is 0.392. The van der Waals surface area contributed by atoms with Gasteiger partial charge in [0.05, 0.1) is 0 Å². The molecule has 0 nitrogen and oxygen atoms in total. The van der Waals surface area contributed by atoms with Crippen molar-refractivity contribution in [3.05, 3.63) is 20.8 Å². The molecule has 0 N–H and O–H groups in total. The molecule has 2 rings (SSSR count). The second kappa shape index (κ2) is 5.88. The molecule has 0 aromatic carbocycles. The van der Waals surface area contributed by atoms with Crippen molar-refractivity contribution < 1.29 is 0 Å². The van der Waals surface area contributed by atoms with E-state index in [1.54, 1.807) is 0 Å². The van der Waals surface area contributed by atoms with Crippen molar-refractivity contribution in [3.63, 3.8) is 0 Å². The fourth-order valence-electron chi connectivity index (χ4n) is 2.63. The molecule has 0 bridgehead atoms. The normalized spacial score (nSPS) is 30.6. The van der Waals surface area contributed by atoms with Gasteiger partial charge in [0.25, 0.3) is 0 Å². The van der Waals surface area contributed by atoms with Crippen molar-refractivity contribution in [2.45, 2.75) is 44.4 Å². The summed E-state index contributed by atoms with van der Waals surface area (Å²) >= 11 is 11.8. The third-order valence-electron chi connectivity index (χ3n) is 3.66. The van der Waals surface area contributed by atoms with Gasteiger partial charge in [-0.25, -0.2) is 0 Å². The van der Waals surface area contributed by atoms with E-state index < -0.39 is 0 Å². The Kier molecular flexibility index (Phi) is 4.75. The number of halogens is 2. The molecule has 1 aliphatic rings. The van der Waals surface area contributed by atoms with E-state index in [-0.39, 0.29) is 0 Å². The van der Waals surface area contributed by atoms with E-state index in [4.69, 9.17) is 11.6 Å². The van der Waals surface area contributed by atoms with Gasteiger partial charge in [0.1, 0.15) is 0 Å². The van der Waals surface area contributed by atoms with Crippen molar-refractivity contribution in [1.82, 2.24) is 0 Å². The highest BCUT2D eigenvalue weighted by Crippen LogP contribution is 2.37. The minimum Gasteiger partial charge on any atom is -0.148 e. The maximum atomic E-state index is 6.45. The highest BCUT2D eigenvalue weighted by Gasteiger charge is 2.28. The highest BCUT2D eigenvalue weighted by molar-refractivity contribution is 9.10. The van der Waals surface area contributed by atoms with E-state index in [1.165, 1.54) is 41.5 Å². The summed E-state index contributed by atoms with van der Waals surface area (Å²) in [5.41, 5.74) is 0. The SMILES string of the molecule is CCC1CCC(Cl)C(Cc2cc(Br)cs2)C1. The average molecular weight is 322 g/mol. The molecule has 90 valence electrons. The Hall–Kier alpha value is 0.470. The van der Waals surface area contributed by atoms with Crippen molar-refractivity contribution in [2.24, 2.45) is 11.8 Å². The molecule has 0 amide bonds. The van der Waals surface area contributed by atoms with Crippen LogP contribution in [-0.2, 0) is 6.42 Å². The third kappa shape index (κ3) is 3.24. The van der Waals surface area contributed by atoms with Crippen molar-refractivity contribution in [2.75, 3.05) is 0 Å². The van der Waals surface area contributed by atoms with Crippen LogP contribution >= 0.6 is 38.9 Å². The number of hydrogen-bond donors (Lipinski definition) is 0. The van der Waals surface area contributed by atoms with Gasteiger partial charge < -0.3 is 0 Å². The Bertz CT molecular complexity index is 336. The van der Waals surface area contributed by atoms with Gasteiger partial charge in [-0.05, 0) is 59.5 Å². The Morgan fingerprint density at radius 2 is 2.31 bits per heavy atom. The van der Waals surface area contributed by atoms with Gasteiger partial charge in [-0.2, -0.15) is 0 Å². The summed E-state index contributed by atoms with van der Waals surface area (Å²) in [5, 5.41) is 2.56. The first-order chi connectivity index (χ1) is 7.69. The first-order valence-electron chi connectivity index (χ1n) is 6.06. The Morgan fingerprint density at radius 3 is 2.94 bits per heavy atom. The van der Waals surface area contributed by atoms with Gasteiger partial charge in [0.2, 0.25) is 0 Å². The van der Waals surface area contributed by atoms with Crippen molar-refractivity contribution >= 4 is 38.9 Å². The first kappa shape index (κ1) is 12.9. The monoisotopic (exact) mass is 320 g/mol. The molecule has 1 aromatic heterocycles. The van der Waals surface area contributed by atoms with Crippen LogP contribution in [0.2, 0.25) is 0 Å². The summed E-state index contributed by atoms with van der Waals surface area (Å²) in [7, 11) is 0. The van der Waals surface area contributed by atoms with Gasteiger partial charge in [-0.1, -0.05) is 13.3 Å². The maximum Gasteiger partial charge on any atom is 0.0367 e. The van der Waals surface area contributed by atoms with Gasteiger partial charge in [0, 0.05) is 20.1 Å². The molecular formula is C13H18BrClS. The quantitative estimate of drug-likeness (QED) is 0.646. The van der Waals surface area contributed by atoms with E-state index in [0.717, 1.165) is 5.92 Å². The largest absolute Gasteiger partial charge is 0.148 e. The molecular weight excluding hydrogens is 304 g/mol. The summed E-state index contributed by atoms with van der Waals surface area (Å²) in [6.45, 7) is 2.30. The van der Waals surface area contributed by atoms with Crippen molar-refractivity contribution in [1.29, 1.82) is 0 Å². The third-order valence-corrected chi connectivity index (χ3v) is 5.96. The fraction of sp³-hybridized carbons (Fsp3) is 0.692. The number of alkyl halides is 1. The second-order valence-electron chi connectivity index (χ2n) is 4.80. The van der Waals surface area contributed by atoms with Crippen LogP contribution in [0.1, 0.15) is 37.5 Å². The molecule has 1 heterocycles. The molecule has 0 radical (unpaired) electrons. The topological polar surface area (TPSA) is 0 Å². The van der Waals surface area contributed by atoms with Crippen LogP contribution in [-0.4, -0.2) is 5.38 Å². The predicted molar refractivity (Wildman–Crippen MR) is 76.5 cm³/mol. The number of rotatable bonds is 3. The summed E-state index contributed by atoms with van der Waals surface area (Å²) in [5.74, 6) is 1.59. The molecule has 3 heteroatoms. The molecule has 0 saturated heterocycles. The molecule has 0 aliphatic heterocycles. The van der Waals surface area contributed by atoms with Crippen molar-refractivity contribution in [3.8, 4) is 0 Å². The summed E-state index contributed by atoms with van der Waals surface area (Å²) in [4.78, 5) is 1.47. The summed E-state index contributed by atoms with van der Waals surface area (Å²) in [6, 6.07) is 2.24. The zero-order chi connectivity index (χ0) is 11.5. The number of thiophene rings is 1. The highest BCUT2D eigenvalue weighted by atomic mass is 79.9. The fourth-order valence-corrected chi connectivity index (χ4v) is 4.49. The van der Waals surface area contributed by atoms with E-state index in [9.17, 15) is 0 Å². The lowest BCUT2D eigenvalue weighted by molar-refractivity contribution is 0.265. The summed E-state index contributed by atoms with van der Waals surface area (Å²) < 4.78 is 1.21. The Balaban J connectivity index is 1.96. The Morgan fingerprint density at radius 1 is 1.50 bits per heavy atom. The van der Waals surface area contributed by atoms with Crippen LogP contribution in [0.5, 0.6) is 0 Å². The zero-order valence-corrected chi connectivity index (χ0v) is 12.7. The average Bonchev–Trinajstić information content (AvgIpc) is 2.67. The van der Waals surface area contributed by atoms with Crippen LogP contribution < -0.4 is 0 Å². The van der Waals surface area contributed by atoms with Crippen LogP contribution in [0, 0.1) is 11.8 Å². The lowest BCUT2D eigenvalue weighted by atomic mass is 9.78. The van der Waals surface area contributed by atoms with Gasteiger partial charge in [-0.3, -0.25) is 0 Å². The maximum absolute atomic E-state index is 6.45.